The zero-order chi connectivity index (χ0) is 14.7. The first-order chi connectivity index (χ1) is 10.2. The number of likely N-dealkylation sites (tertiary alicyclic amines) is 2. The molecule has 3 heterocycles. The van der Waals surface area contributed by atoms with E-state index in [1.54, 1.807) is 12.4 Å². The van der Waals surface area contributed by atoms with E-state index in [1.807, 2.05) is 4.90 Å². The third kappa shape index (κ3) is 3.59. The molecule has 0 N–H and O–H groups in total. The van der Waals surface area contributed by atoms with Crippen LogP contribution >= 0.6 is 0 Å². The number of aromatic nitrogens is 2. The number of nitrogens with zero attached hydrogens (tertiary/aromatic N) is 4. The van der Waals surface area contributed by atoms with E-state index < -0.39 is 0 Å². The summed E-state index contributed by atoms with van der Waals surface area (Å²) >= 11 is 0. The van der Waals surface area contributed by atoms with E-state index in [4.69, 9.17) is 0 Å². The molecule has 0 aliphatic carbocycles. The summed E-state index contributed by atoms with van der Waals surface area (Å²) < 4.78 is 0. The van der Waals surface area contributed by atoms with Crippen LogP contribution in [0.25, 0.3) is 0 Å². The molecule has 1 aromatic heterocycles. The van der Waals surface area contributed by atoms with Gasteiger partial charge in [0.2, 0.25) is 0 Å². The maximum atomic E-state index is 12.2. The minimum absolute atomic E-state index is 0.0314. The van der Waals surface area contributed by atoms with Crippen molar-refractivity contribution in [3.63, 3.8) is 0 Å². The first kappa shape index (κ1) is 14.4. The molecule has 0 radical (unpaired) electrons. The summed E-state index contributed by atoms with van der Waals surface area (Å²) in [5.74, 6) is 0.696. The van der Waals surface area contributed by atoms with Crippen molar-refractivity contribution in [2.45, 2.75) is 32.1 Å². The van der Waals surface area contributed by atoms with Crippen LogP contribution in [0.2, 0.25) is 0 Å². The maximum Gasteiger partial charge on any atom is 0.274 e. The lowest BCUT2D eigenvalue weighted by Crippen LogP contribution is -2.33. The monoisotopic (exact) mass is 288 g/mol. The molecule has 0 unspecified atom stereocenters. The summed E-state index contributed by atoms with van der Waals surface area (Å²) in [6.45, 7) is 4.05. The molecule has 5 nitrogen and oxygen atoms in total. The Morgan fingerprint density at radius 2 is 2.00 bits per heavy atom. The van der Waals surface area contributed by atoms with Crippen LogP contribution in [-0.2, 0) is 6.42 Å². The molecule has 0 aromatic carbocycles. The largest absolute Gasteiger partial charge is 0.337 e. The van der Waals surface area contributed by atoms with E-state index in [2.05, 4.69) is 21.9 Å². The highest BCUT2D eigenvalue weighted by molar-refractivity contribution is 5.92. The number of carbonyl (C=O) groups is 1. The van der Waals surface area contributed by atoms with Crippen LogP contribution in [0.5, 0.6) is 0 Å². The van der Waals surface area contributed by atoms with Gasteiger partial charge < -0.3 is 9.80 Å². The van der Waals surface area contributed by atoms with Gasteiger partial charge in [0.25, 0.3) is 5.91 Å². The molecular weight excluding hydrogens is 264 g/mol. The van der Waals surface area contributed by atoms with Crippen LogP contribution in [0, 0.1) is 5.92 Å². The Balaban J connectivity index is 1.59. The predicted octanol–water partition coefficient (Wildman–Crippen LogP) is 1.60. The van der Waals surface area contributed by atoms with Gasteiger partial charge in [-0.05, 0) is 51.6 Å². The zero-order valence-corrected chi connectivity index (χ0v) is 12.8. The van der Waals surface area contributed by atoms with E-state index in [9.17, 15) is 4.79 Å². The Morgan fingerprint density at radius 1 is 1.19 bits per heavy atom. The van der Waals surface area contributed by atoms with Gasteiger partial charge in [-0.3, -0.25) is 9.78 Å². The van der Waals surface area contributed by atoms with Gasteiger partial charge in [0.1, 0.15) is 5.69 Å². The lowest BCUT2D eigenvalue weighted by atomic mass is 9.94. The second-order valence-corrected chi connectivity index (χ2v) is 6.37. The van der Waals surface area contributed by atoms with Crippen molar-refractivity contribution >= 4 is 5.91 Å². The molecule has 1 atom stereocenters. The standard InChI is InChI=1S/C16H24N4O/c1-19-6-4-5-13(12-19)9-14-10-18-15(11-17-14)16(21)20-7-2-3-8-20/h10-11,13H,2-9,12H2,1H3/t13-/m0/s1. The fourth-order valence-corrected chi connectivity index (χ4v) is 3.39. The minimum Gasteiger partial charge on any atom is -0.337 e. The number of piperidine rings is 1. The van der Waals surface area contributed by atoms with Gasteiger partial charge >= 0.3 is 0 Å². The Hall–Kier alpha value is -1.49. The Morgan fingerprint density at radius 3 is 2.67 bits per heavy atom. The minimum atomic E-state index is 0.0314. The van der Waals surface area contributed by atoms with E-state index in [1.165, 1.54) is 19.4 Å². The highest BCUT2D eigenvalue weighted by Crippen LogP contribution is 2.19. The van der Waals surface area contributed by atoms with Crippen molar-refractivity contribution in [2.75, 3.05) is 33.2 Å². The molecule has 0 spiro atoms. The fraction of sp³-hybridized carbons (Fsp3) is 0.688. The van der Waals surface area contributed by atoms with E-state index in [-0.39, 0.29) is 5.91 Å². The van der Waals surface area contributed by atoms with Crippen LogP contribution in [0.15, 0.2) is 12.4 Å². The SMILES string of the molecule is CN1CCC[C@@H](Cc2cnc(C(=O)N3CCCC3)cn2)C1. The molecule has 2 aliphatic heterocycles. The van der Waals surface area contributed by atoms with Gasteiger partial charge in [-0.2, -0.15) is 0 Å². The second-order valence-electron chi connectivity index (χ2n) is 6.37. The van der Waals surface area contributed by atoms with Gasteiger partial charge in [0.05, 0.1) is 11.9 Å². The average molecular weight is 288 g/mol. The lowest BCUT2D eigenvalue weighted by molar-refractivity contribution is 0.0786. The number of amides is 1. The maximum absolute atomic E-state index is 12.2. The van der Waals surface area contributed by atoms with Crippen LogP contribution < -0.4 is 0 Å². The molecule has 2 fully saturated rings. The molecular formula is C16H24N4O. The number of hydrogen-bond donors (Lipinski definition) is 0. The first-order valence-electron chi connectivity index (χ1n) is 8.01. The summed E-state index contributed by atoms with van der Waals surface area (Å²) in [6, 6.07) is 0. The molecule has 0 bridgehead atoms. The van der Waals surface area contributed by atoms with Crippen molar-refractivity contribution in [2.24, 2.45) is 5.92 Å². The van der Waals surface area contributed by atoms with E-state index in [0.29, 0.717) is 11.6 Å². The smallest absolute Gasteiger partial charge is 0.274 e. The summed E-state index contributed by atoms with van der Waals surface area (Å²) in [4.78, 5) is 25.3. The summed E-state index contributed by atoms with van der Waals surface area (Å²) in [5, 5.41) is 0. The van der Waals surface area contributed by atoms with Gasteiger partial charge in [-0.15, -0.1) is 0 Å². The molecule has 2 aliphatic rings. The molecule has 5 heteroatoms. The van der Waals surface area contributed by atoms with Crippen molar-refractivity contribution in [3.05, 3.63) is 23.8 Å². The van der Waals surface area contributed by atoms with Crippen LogP contribution in [0.4, 0.5) is 0 Å². The van der Waals surface area contributed by atoms with Gasteiger partial charge in [0, 0.05) is 25.8 Å². The summed E-state index contributed by atoms with van der Waals surface area (Å²) in [7, 11) is 2.18. The molecule has 1 aromatic rings. The molecule has 21 heavy (non-hydrogen) atoms. The third-order valence-electron chi connectivity index (χ3n) is 4.54. The van der Waals surface area contributed by atoms with Gasteiger partial charge in [0.15, 0.2) is 0 Å². The van der Waals surface area contributed by atoms with Crippen molar-refractivity contribution < 1.29 is 4.79 Å². The predicted molar refractivity (Wildman–Crippen MR) is 81.1 cm³/mol. The third-order valence-corrected chi connectivity index (χ3v) is 4.54. The molecule has 1 amide bonds. The van der Waals surface area contributed by atoms with Crippen molar-refractivity contribution in [3.8, 4) is 0 Å². The normalized spacial score (nSPS) is 23.5. The Labute approximate surface area is 126 Å². The number of hydrogen-bond acceptors (Lipinski definition) is 4. The molecule has 0 saturated carbocycles. The van der Waals surface area contributed by atoms with Gasteiger partial charge in [-0.1, -0.05) is 0 Å². The highest BCUT2D eigenvalue weighted by atomic mass is 16.2. The lowest BCUT2D eigenvalue weighted by Gasteiger charge is -2.29. The molecule has 114 valence electrons. The molecule has 3 rings (SSSR count). The van der Waals surface area contributed by atoms with Crippen molar-refractivity contribution in [1.82, 2.24) is 19.8 Å². The van der Waals surface area contributed by atoms with Gasteiger partial charge in [-0.25, -0.2) is 4.98 Å². The fourth-order valence-electron chi connectivity index (χ4n) is 3.39. The first-order valence-corrected chi connectivity index (χ1v) is 8.01. The number of carbonyl (C=O) groups excluding carboxylic acids is 1. The Bertz CT molecular complexity index is 482. The zero-order valence-electron chi connectivity index (χ0n) is 12.8. The quantitative estimate of drug-likeness (QED) is 0.847. The van der Waals surface area contributed by atoms with Crippen LogP contribution in [0.1, 0.15) is 41.9 Å². The molecule has 2 saturated heterocycles. The summed E-state index contributed by atoms with van der Waals surface area (Å²) in [6.07, 6.45) is 9.15. The Kier molecular flexibility index (Phi) is 4.48. The van der Waals surface area contributed by atoms with E-state index >= 15 is 0 Å². The summed E-state index contributed by atoms with van der Waals surface area (Å²) in [5.41, 5.74) is 1.50. The second kappa shape index (κ2) is 6.52. The van der Waals surface area contributed by atoms with Crippen molar-refractivity contribution in [1.29, 1.82) is 0 Å². The van der Waals surface area contributed by atoms with E-state index in [0.717, 1.165) is 44.6 Å². The van der Waals surface area contributed by atoms with Crippen LogP contribution in [0.3, 0.4) is 0 Å². The average Bonchev–Trinajstić information content (AvgIpc) is 3.01. The topological polar surface area (TPSA) is 49.3 Å². The highest BCUT2D eigenvalue weighted by Gasteiger charge is 2.21. The van der Waals surface area contributed by atoms with Crippen LogP contribution in [-0.4, -0.2) is 58.9 Å². The number of rotatable bonds is 3.